The largest absolute Gasteiger partial charge is 0.465 e. The van der Waals surface area contributed by atoms with Gasteiger partial charge in [-0.2, -0.15) is 4.98 Å². The fourth-order valence-electron chi connectivity index (χ4n) is 2.59. The highest BCUT2D eigenvalue weighted by Gasteiger charge is 2.07. The van der Waals surface area contributed by atoms with Gasteiger partial charge in [0, 0.05) is 17.4 Å². The molecule has 26 heavy (non-hydrogen) atoms. The third kappa shape index (κ3) is 4.13. The molecule has 0 aliphatic rings. The number of aldehydes is 1. The number of rotatable bonds is 6. The molecule has 4 N–H and O–H groups in total. The van der Waals surface area contributed by atoms with Crippen molar-refractivity contribution in [2.45, 2.75) is 12.8 Å². The summed E-state index contributed by atoms with van der Waals surface area (Å²) in [7, 11) is 0. The number of carbonyl (C=O) groups is 2. The standard InChI is InChI=1S/C19H18N4O3/c20-18-15-9-13(5-6-16(15)22-19(21)23-18)7-8-26-17(25)10-12-1-3-14(11-24)4-2-12/h1-6,9,11H,7-8,10H2,(H4,20,21,22,23). The molecule has 7 nitrogen and oxygen atoms in total. The van der Waals surface area contributed by atoms with Crippen molar-refractivity contribution in [1.82, 2.24) is 9.97 Å². The predicted octanol–water partition coefficient (Wildman–Crippen LogP) is 1.94. The highest BCUT2D eigenvalue weighted by atomic mass is 16.5. The number of carbonyl (C=O) groups excluding carboxylic acids is 2. The Morgan fingerprint density at radius 2 is 1.77 bits per heavy atom. The summed E-state index contributed by atoms with van der Waals surface area (Å²) in [6.45, 7) is 0.256. The maximum atomic E-state index is 11.9. The van der Waals surface area contributed by atoms with Crippen molar-refractivity contribution < 1.29 is 14.3 Å². The van der Waals surface area contributed by atoms with E-state index in [0.29, 0.717) is 23.3 Å². The summed E-state index contributed by atoms with van der Waals surface area (Å²) < 4.78 is 5.28. The molecule has 1 aromatic heterocycles. The number of ether oxygens (including phenoxy) is 1. The lowest BCUT2D eigenvalue weighted by molar-refractivity contribution is -0.142. The molecule has 0 fully saturated rings. The second-order valence-electron chi connectivity index (χ2n) is 5.83. The molecular weight excluding hydrogens is 332 g/mol. The maximum absolute atomic E-state index is 11.9. The van der Waals surface area contributed by atoms with Crippen LogP contribution in [-0.2, 0) is 22.4 Å². The van der Waals surface area contributed by atoms with Crippen LogP contribution < -0.4 is 11.5 Å². The molecule has 0 atom stereocenters. The van der Waals surface area contributed by atoms with Crippen LogP contribution in [0.5, 0.6) is 0 Å². The van der Waals surface area contributed by atoms with E-state index in [1.807, 2.05) is 18.2 Å². The Kier molecular flexibility index (Phi) is 5.07. The molecule has 0 radical (unpaired) electrons. The van der Waals surface area contributed by atoms with E-state index in [1.54, 1.807) is 24.3 Å². The third-order valence-corrected chi connectivity index (χ3v) is 3.92. The number of anilines is 2. The second kappa shape index (κ2) is 7.60. The molecule has 0 aliphatic heterocycles. The van der Waals surface area contributed by atoms with Crippen molar-refractivity contribution in [3.8, 4) is 0 Å². The normalized spacial score (nSPS) is 10.6. The Morgan fingerprint density at radius 1 is 1.04 bits per heavy atom. The molecule has 0 bridgehead atoms. The van der Waals surface area contributed by atoms with Gasteiger partial charge in [-0.3, -0.25) is 9.59 Å². The Hall–Kier alpha value is -3.48. The number of nitrogens with zero attached hydrogens (tertiary/aromatic N) is 2. The Labute approximate surface area is 150 Å². The number of hydrogen-bond donors (Lipinski definition) is 2. The van der Waals surface area contributed by atoms with E-state index in [9.17, 15) is 9.59 Å². The molecule has 0 aliphatic carbocycles. The van der Waals surface area contributed by atoms with Crippen molar-refractivity contribution in [3.63, 3.8) is 0 Å². The zero-order chi connectivity index (χ0) is 18.5. The first-order valence-electron chi connectivity index (χ1n) is 8.06. The Morgan fingerprint density at radius 3 is 2.50 bits per heavy atom. The summed E-state index contributed by atoms with van der Waals surface area (Å²) in [5.41, 5.74) is 14.5. The van der Waals surface area contributed by atoms with Crippen molar-refractivity contribution in [3.05, 3.63) is 59.2 Å². The molecule has 0 spiro atoms. The molecule has 0 saturated heterocycles. The molecule has 132 valence electrons. The Bertz CT molecular complexity index is 955. The lowest BCUT2D eigenvalue weighted by Gasteiger charge is -2.07. The lowest BCUT2D eigenvalue weighted by Crippen LogP contribution is -2.10. The summed E-state index contributed by atoms with van der Waals surface area (Å²) in [4.78, 5) is 30.6. The van der Waals surface area contributed by atoms with E-state index in [1.165, 1.54) is 0 Å². The van der Waals surface area contributed by atoms with Gasteiger partial charge in [-0.25, -0.2) is 4.98 Å². The highest BCUT2D eigenvalue weighted by Crippen LogP contribution is 2.20. The van der Waals surface area contributed by atoms with E-state index >= 15 is 0 Å². The van der Waals surface area contributed by atoms with Crippen LogP contribution in [0.15, 0.2) is 42.5 Å². The fourth-order valence-corrected chi connectivity index (χ4v) is 2.59. The maximum Gasteiger partial charge on any atom is 0.310 e. The number of fused-ring (bicyclic) bond motifs is 1. The molecule has 0 unspecified atom stereocenters. The van der Waals surface area contributed by atoms with Crippen LogP contribution in [0.25, 0.3) is 10.9 Å². The number of esters is 1. The zero-order valence-corrected chi connectivity index (χ0v) is 14.0. The molecule has 3 aromatic rings. The highest BCUT2D eigenvalue weighted by molar-refractivity contribution is 5.89. The number of aromatic nitrogens is 2. The van der Waals surface area contributed by atoms with Crippen molar-refractivity contribution in [2.75, 3.05) is 18.1 Å². The van der Waals surface area contributed by atoms with Crippen LogP contribution in [0.3, 0.4) is 0 Å². The van der Waals surface area contributed by atoms with E-state index in [-0.39, 0.29) is 24.9 Å². The van der Waals surface area contributed by atoms with E-state index < -0.39 is 0 Å². The van der Waals surface area contributed by atoms with Crippen LogP contribution in [0.4, 0.5) is 11.8 Å². The summed E-state index contributed by atoms with van der Waals surface area (Å²) in [6.07, 6.45) is 1.48. The second-order valence-corrected chi connectivity index (χ2v) is 5.83. The van der Waals surface area contributed by atoms with Gasteiger partial charge in [0.25, 0.3) is 0 Å². The summed E-state index contributed by atoms with van der Waals surface area (Å²) in [5.74, 6) is 0.142. The van der Waals surface area contributed by atoms with Crippen LogP contribution >= 0.6 is 0 Å². The Balaban J connectivity index is 1.56. The average Bonchev–Trinajstić information content (AvgIpc) is 2.62. The summed E-state index contributed by atoms with van der Waals surface area (Å²) in [6, 6.07) is 12.4. The summed E-state index contributed by atoms with van der Waals surface area (Å²) in [5, 5.41) is 0.721. The molecule has 2 aromatic carbocycles. The molecule has 0 saturated carbocycles. The van der Waals surface area contributed by atoms with Gasteiger partial charge >= 0.3 is 5.97 Å². The van der Waals surface area contributed by atoms with E-state index in [4.69, 9.17) is 16.2 Å². The molecule has 7 heteroatoms. The van der Waals surface area contributed by atoms with Gasteiger partial charge in [-0.05, 0) is 23.3 Å². The van der Waals surface area contributed by atoms with Crippen LogP contribution in [-0.4, -0.2) is 28.8 Å². The smallest absolute Gasteiger partial charge is 0.310 e. The first-order valence-corrected chi connectivity index (χ1v) is 8.06. The predicted molar refractivity (Wildman–Crippen MR) is 98.6 cm³/mol. The third-order valence-electron chi connectivity index (χ3n) is 3.92. The average molecular weight is 350 g/mol. The van der Waals surface area contributed by atoms with Crippen LogP contribution in [0.1, 0.15) is 21.5 Å². The number of hydrogen-bond acceptors (Lipinski definition) is 7. The van der Waals surface area contributed by atoms with Crippen LogP contribution in [0.2, 0.25) is 0 Å². The van der Waals surface area contributed by atoms with Crippen LogP contribution in [0, 0.1) is 0 Å². The quantitative estimate of drug-likeness (QED) is 0.514. The minimum atomic E-state index is -0.319. The molecule has 1 heterocycles. The van der Waals surface area contributed by atoms with Crippen molar-refractivity contribution in [1.29, 1.82) is 0 Å². The first kappa shape index (κ1) is 17.3. The van der Waals surface area contributed by atoms with Gasteiger partial charge in [0.1, 0.15) is 12.1 Å². The lowest BCUT2D eigenvalue weighted by atomic mass is 10.1. The van der Waals surface area contributed by atoms with Gasteiger partial charge in [-0.1, -0.05) is 30.3 Å². The zero-order valence-electron chi connectivity index (χ0n) is 14.0. The SMILES string of the molecule is Nc1nc(N)c2cc(CCOC(=O)Cc3ccc(C=O)cc3)ccc2n1. The van der Waals surface area contributed by atoms with Gasteiger partial charge in [0.15, 0.2) is 0 Å². The van der Waals surface area contributed by atoms with E-state index in [0.717, 1.165) is 22.8 Å². The molecular formula is C19H18N4O3. The van der Waals surface area contributed by atoms with Gasteiger partial charge in [0.05, 0.1) is 18.5 Å². The number of benzene rings is 2. The van der Waals surface area contributed by atoms with Crippen molar-refractivity contribution in [2.24, 2.45) is 0 Å². The minimum Gasteiger partial charge on any atom is -0.465 e. The van der Waals surface area contributed by atoms with Gasteiger partial charge in [0.2, 0.25) is 5.95 Å². The first-order chi connectivity index (χ1) is 12.5. The monoisotopic (exact) mass is 350 g/mol. The topological polar surface area (TPSA) is 121 Å². The van der Waals surface area contributed by atoms with Gasteiger partial charge < -0.3 is 16.2 Å². The van der Waals surface area contributed by atoms with Gasteiger partial charge in [-0.15, -0.1) is 0 Å². The van der Waals surface area contributed by atoms with Crippen molar-refractivity contribution >= 4 is 34.9 Å². The molecule has 0 amide bonds. The fraction of sp³-hybridized carbons (Fsp3) is 0.158. The minimum absolute atomic E-state index is 0.137. The number of nitrogen functional groups attached to an aromatic ring is 2. The summed E-state index contributed by atoms with van der Waals surface area (Å²) >= 11 is 0. The van der Waals surface area contributed by atoms with E-state index in [2.05, 4.69) is 9.97 Å². The molecule has 3 rings (SSSR count). The number of nitrogens with two attached hydrogens (primary N) is 2.